The van der Waals surface area contributed by atoms with Gasteiger partial charge in [0.1, 0.15) is 11.3 Å². The zero-order chi connectivity index (χ0) is 11.1. The largest absolute Gasteiger partial charge is 0.422 e. The smallest absolute Gasteiger partial charge is 0.323 e. The van der Waals surface area contributed by atoms with Crippen molar-refractivity contribution in [1.82, 2.24) is 14.8 Å². The van der Waals surface area contributed by atoms with Crippen LogP contribution in [-0.4, -0.2) is 14.8 Å². The summed E-state index contributed by atoms with van der Waals surface area (Å²) in [4.78, 5) is 4.32. The van der Waals surface area contributed by atoms with Crippen LogP contribution in [-0.2, 0) is 0 Å². The Balaban J connectivity index is 2.18. The Kier molecular flexibility index (Phi) is 1.73. The number of nitrogen functional groups attached to an aromatic ring is 1. The van der Waals surface area contributed by atoms with Gasteiger partial charge >= 0.3 is 6.01 Å². The third kappa shape index (κ3) is 1.25. The van der Waals surface area contributed by atoms with E-state index in [9.17, 15) is 0 Å². The SMILES string of the molecule is Cc1cn(-c2nc3ccccc3o2)nc1N. The molecule has 0 saturated heterocycles. The highest BCUT2D eigenvalue weighted by molar-refractivity contribution is 5.73. The van der Waals surface area contributed by atoms with E-state index in [1.54, 1.807) is 10.9 Å². The van der Waals surface area contributed by atoms with Crippen molar-refractivity contribution in [1.29, 1.82) is 0 Å². The fourth-order valence-corrected chi connectivity index (χ4v) is 1.53. The average molecular weight is 214 g/mol. The molecule has 0 aliphatic carbocycles. The Bertz CT molecular complexity index is 600. The molecule has 0 spiro atoms. The van der Waals surface area contributed by atoms with Crippen LogP contribution < -0.4 is 5.73 Å². The molecule has 80 valence electrons. The summed E-state index contributed by atoms with van der Waals surface area (Å²) in [6.07, 6.45) is 1.79. The van der Waals surface area contributed by atoms with Crippen LogP contribution in [0.3, 0.4) is 0 Å². The van der Waals surface area contributed by atoms with E-state index in [0.717, 1.165) is 16.7 Å². The average Bonchev–Trinajstić information content (AvgIpc) is 2.83. The van der Waals surface area contributed by atoms with Gasteiger partial charge in [-0.15, -0.1) is 5.10 Å². The van der Waals surface area contributed by atoms with Crippen molar-refractivity contribution in [3.05, 3.63) is 36.0 Å². The van der Waals surface area contributed by atoms with Crippen LogP contribution in [0.25, 0.3) is 17.1 Å². The Morgan fingerprint density at radius 2 is 2.12 bits per heavy atom. The van der Waals surface area contributed by atoms with E-state index in [4.69, 9.17) is 10.2 Å². The van der Waals surface area contributed by atoms with Crippen LogP contribution >= 0.6 is 0 Å². The van der Waals surface area contributed by atoms with E-state index in [2.05, 4.69) is 10.1 Å². The molecule has 3 aromatic rings. The topological polar surface area (TPSA) is 69.9 Å². The van der Waals surface area contributed by atoms with Crippen LogP contribution in [0.2, 0.25) is 0 Å². The van der Waals surface area contributed by atoms with Crippen LogP contribution in [0, 0.1) is 6.92 Å². The maximum absolute atomic E-state index is 5.67. The van der Waals surface area contributed by atoms with Gasteiger partial charge in [-0.3, -0.25) is 0 Å². The normalized spacial score (nSPS) is 11.1. The first kappa shape index (κ1) is 8.96. The summed E-state index contributed by atoms with van der Waals surface area (Å²) in [5.74, 6) is 0.488. The predicted molar refractivity (Wildman–Crippen MR) is 60.3 cm³/mol. The molecule has 0 amide bonds. The van der Waals surface area contributed by atoms with E-state index < -0.39 is 0 Å². The van der Waals surface area contributed by atoms with Crippen molar-refractivity contribution in [3.63, 3.8) is 0 Å². The van der Waals surface area contributed by atoms with Crippen molar-refractivity contribution in [2.45, 2.75) is 6.92 Å². The molecular weight excluding hydrogens is 204 g/mol. The third-order valence-electron chi connectivity index (χ3n) is 2.41. The van der Waals surface area contributed by atoms with E-state index in [0.29, 0.717) is 11.8 Å². The quantitative estimate of drug-likeness (QED) is 0.671. The first-order chi connectivity index (χ1) is 7.74. The minimum absolute atomic E-state index is 0.431. The lowest BCUT2D eigenvalue weighted by atomic mass is 10.3. The second-order valence-electron chi connectivity index (χ2n) is 3.61. The lowest BCUT2D eigenvalue weighted by Gasteiger charge is -1.90. The second kappa shape index (κ2) is 3.10. The number of nitrogens with two attached hydrogens (primary N) is 1. The maximum Gasteiger partial charge on any atom is 0.323 e. The fourth-order valence-electron chi connectivity index (χ4n) is 1.53. The van der Waals surface area contributed by atoms with Gasteiger partial charge in [0, 0.05) is 11.8 Å². The summed E-state index contributed by atoms with van der Waals surface area (Å²) in [5.41, 5.74) is 8.13. The van der Waals surface area contributed by atoms with Crippen LogP contribution in [0.4, 0.5) is 5.82 Å². The molecule has 2 heterocycles. The monoisotopic (exact) mass is 214 g/mol. The lowest BCUT2D eigenvalue weighted by molar-refractivity contribution is 0.543. The molecule has 3 rings (SSSR count). The van der Waals surface area contributed by atoms with E-state index in [-0.39, 0.29) is 0 Å². The first-order valence-corrected chi connectivity index (χ1v) is 4.92. The number of aromatic nitrogens is 3. The Morgan fingerprint density at radius 3 is 2.81 bits per heavy atom. The molecule has 0 saturated carbocycles. The van der Waals surface area contributed by atoms with Crippen molar-refractivity contribution in [2.24, 2.45) is 0 Å². The van der Waals surface area contributed by atoms with Gasteiger partial charge in [-0.25, -0.2) is 0 Å². The molecule has 0 radical (unpaired) electrons. The molecule has 2 N–H and O–H groups in total. The number of hydrogen-bond acceptors (Lipinski definition) is 4. The van der Waals surface area contributed by atoms with Crippen molar-refractivity contribution in [2.75, 3.05) is 5.73 Å². The minimum Gasteiger partial charge on any atom is -0.422 e. The highest BCUT2D eigenvalue weighted by atomic mass is 16.4. The molecule has 0 fully saturated rings. The molecular formula is C11H10N4O. The standard InChI is InChI=1S/C11H10N4O/c1-7-6-15(14-10(7)12)11-13-8-4-2-3-5-9(8)16-11/h2-6H,1H3,(H2,12,14). The summed E-state index contributed by atoms with van der Waals surface area (Å²) in [6.45, 7) is 1.89. The van der Waals surface area contributed by atoms with Gasteiger partial charge in [0.15, 0.2) is 5.58 Å². The number of para-hydroxylation sites is 2. The molecule has 5 heteroatoms. The number of oxazole rings is 1. The number of benzene rings is 1. The van der Waals surface area contributed by atoms with Crippen molar-refractivity contribution >= 4 is 16.9 Å². The van der Waals surface area contributed by atoms with E-state index in [1.165, 1.54) is 0 Å². The number of anilines is 1. The highest BCUT2D eigenvalue weighted by Crippen LogP contribution is 2.18. The van der Waals surface area contributed by atoms with Gasteiger partial charge in [-0.05, 0) is 19.1 Å². The second-order valence-corrected chi connectivity index (χ2v) is 3.61. The molecule has 5 nitrogen and oxygen atoms in total. The molecule has 0 aliphatic rings. The fraction of sp³-hybridized carbons (Fsp3) is 0.0909. The number of fused-ring (bicyclic) bond motifs is 1. The minimum atomic E-state index is 0.431. The van der Waals surface area contributed by atoms with Crippen LogP contribution in [0.5, 0.6) is 0 Å². The van der Waals surface area contributed by atoms with Crippen molar-refractivity contribution in [3.8, 4) is 6.01 Å². The Hall–Kier alpha value is -2.30. The van der Waals surface area contributed by atoms with Crippen LogP contribution in [0.1, 0.15) is 5.56 Å². The Morgan fingerprint density at radius 1 is 1.31 bits per heavy atom. The first-order valence-electron chi connectivity index (χ1n) is 4.92. The van der Waals surface area contributed by atoms with Gasteiger partial charge < -0.3 is 10.2 Å². The zero-order valence-corrected chi connectivity index (χ0v) is 8.71. The third-order valence-corrected chi connectivity index (χ3v) is 2.41. The lowest BCUT2D eigenvalue weighted by Crippen LogP contribution is -1.95. The molecule has 16 heavy (non-hydrogen) atoms. The molecule has 0 unspecified atom stereocenters. The van der Waals surface area contributed by atoms with Gasteiger partial charge in [0.05, 0.1) is 0 Å². The summed E-state index contributed by atoms with van der Waals surface area (Å²) >= 11 is 0. The summed E-state index contributed by atoms with van der Waals surface area (Å²) in [5, 5.41) is 4.11. The predicted octanol–water partition coefficient (Wildman–Crippen LogP) is 1.90. The van der Waals surface area contributed by atoms with Gasteiger partial charge in [0.25, 0.3) is 0 Å². The van der Waals surface area contributed by atoms with Crippen LogP contribution in [0.15, 0.2) is 34.9 Å². The molecule has 2 aromatic heterocycles. The number of hydrogen-bond donors (Lipinski definition) is 1. The van der Waals surface area contributed by atoms with E-state index in [1.807, 2.05) is 31.2 Å². The maximum atomic E-state index is 5.67. The van der Waals surface area contributed by atoms with Gasteiger partial charge in [-0.2, -0.15) is 9.67 Å². The summed E-state index contributed by atoms with van der Waals surface area (Å²) in [6, 6.07) is 8.01. The van der Waals surface area contributed by atoms with Crippen molar-refractivity contribution < 1.29 is 4.42 Å². The molecule has 0 atom stereocenters. The molecule has 0 aliphatic heterocycles. The van der Waals surface area contributed by atoms with Gasteiger partial charge in [-0.1, -0.05) is 12.1 Å². The number of nitrogens with zero attached hydrogens (tertiary/aromatic N) is 3. The number of rotatable bonds is 1. The van der Waals surface area contributed by atoms with Gasteiger partial charge in [0.2, 0.25) is 0 Å². The molecule has 1 aromatic carbocycles. The zero-order valence-electron chi connectivity index (χ0n) is 8.71. The number of aryl methyl sites for hydroxylation is 1. The summed E-state index contributed by atoms with van der Waals surface area (Å²) in [7, 11) is 0. The Labute approximate surface area is 91.5 Å². The summed E-state index contributed by atoms with van der Waals surface area (Å²) < 4.78 is 7.10. The van der Waals surface area contributed by atoms with E-state index >= 15 is 0 Å². The molecule has 0 bridgehead atoms. The highest BCUT2D eigenvalue weighted by Gasteiger charge is 2.09.